The molecule has 0 spiro atoms. The molecule has 0 aliphatic rings. The van der Waals surface area contributed by atoms with Crippen molar-refractivity contribution in [1.82, 2.24) is 4.98 Å². The van der Waals surface area contributed by atoms with Crippen LogP contribution in [0, 0.1) is 0 Å². The van der Waals surface area contributed by atoms with Gasteiger partial charge in [-0.05, 0) is 28.3 Å². The van der Waals surface area contributed by atoms with Crippen molar-refractivity contribution in [1.29, 1.82) is 0 Å². The second-order valence-electron chi connectivity index (χ2n) is 5.09. The smallest absolute Gasteiger partial charge is 0.212 e. The van der Waals surface area contributed by atoms with Crippen LogP contribution in [0.25, 0.3) is 10.8 Å². The van der Waals surface area contributed by atoms with Crippen LogP contribution in [0.1, 0.15) is 17.2 Å². The first-order chi connectivity index (χ1) is 10.3. The first-order valence-electron chi connectivity index (χ1n) is 7.00. The normalized spacial score (nSPS) is 12.3. The predicted octanol–water partition coefficient (Wildman–Crippen LogP) is 3.49. The summed E-state index contributed by atoms with van der Waals surface area (Å²) in [5.41, 5.74) is 8.68. The van der Waals surface area contributed by atoms with Gasteiger partial charge in [0.2, 0.25) is 5.88 Å². The van der Waals surface area contributed by atoms with Crippen molar-refractivity contribution in [2.75, 3.05) is 7.11 Å². The monoisotopic (exact) mass is 278 g/mol. The van der Waals surface area contributed by atoms with Crippen LogP contribution in [0.5, 0.6) is 5.88 Å². The molecule has 0 aliphatic heterocycles. The van der Waals surface area contributed by atoms with E-state index in [2.05, 4.69) is 35.3 Å². The van der Waals surface area contributed by atoms with Crippen molar-refractivity contribution in [3.63, 3.8) is 0 Å². The number of hydrogen-bond donors (Lipinski definition) is 1. The molecule has 1 unspecified atom stereocenters. The van der Waals surface area contributed by atoms with Gasteiger partial charge >= 0.3 is 0 Å². The van der Waals surface area contributed by atoms with Crippen LogP contribution in [-0.2, 0) is 6.42 Å². The number of aromatic nitrogens is 1. The highest BCUT2D eigenvalue weighted by Crippen LogP contribution is 2.25. The Balaban J connectivity index is 1.88. The van der Waals surface area contributed by atoms with Crippen molar-refractivity contribution in [3.8, 4) is 5.88 Å². The maximum absolute atomic E-state index is 6.40. The number of nitrogens with zero attached hydrogens (tertiary/aromatic N) is 1. The van der Waals surface area contributed by atoms with Crippen LogP contribution in [0.4, 0.5) is 0 Å². The molecule has 0 radical (unpaired) electrons. The van der Waals surface area contributed by atoms with Gasteiger partial charge in [-0.25, -0.2) is 4.98 Å². The predicted molar refractivity (Wildman–Crippen MR) is 85.4 cm³/mol. The molecule has 21 heavy (non-hydrogen) atoms. The first-order valence-corrected chi connectivity index (χ1v) is 7.00. The van der Waals surface area contributed by atoms with E-state index < -0.39 is 0 Å². The molecule has 3 aromatic rings. The third-order valence-electron chi connectivity index (χ3n) is 3.69. The molecule has 0 bridgehead atoms. The van der Waals surface area contributed by atoms with Crippen LogP contribution >= 0.6 is 0 Å². The van der Waals surface area contributed by atoms with Gasteiger partial charge in [-0.1, -0.05) is 48.5 Å². The fraction of sp³-hybridized carbons (Fsp3) is 0.167. The minimum absolute atomic E-state index is 0.0497. The van der Waals surface area contributed by atoms with E-state index in [-0.39, 0.29) is 6.04 Å². The number of pyridine rings is 1. The molecule has 0 amide bonds. The number of fused-ring (bicyclic) bond motifs is 1. The third-order valence-corrected chi connectivity index (χ3v) is 3.69. The van der Waals surface area contributed by atoms with Gasteiger partial charge in [0, 0.05) is 18.3 Å². The van der Waals surface area contributed by atoms with Crippen LogP contribution in [0.15, 0.2) is 60.8 Å². The summed E-state index contributed by atoms with van der Waals surface area (Å²) in [6.07, 6.45) is 2.58. The fourth-order valence-corrected chi connectivity index (χ4v) is 2.59. The Morgan fingerprint density at radius 2 is 1.86 bits per heavy atom. The lowest BCUT2D eigenvalue weighted by molar-refractivity contribution is 0.397. The Kier molecular flexibility index (Phi) is 3.84. The summed E-state index contributed by atoms with van der Waals surface area (Å²) < 4.78 is 5.07. The molecule has 3 nitrogen and oxygen atoms in total. The summed E-state index contributed by atoms with van der Waals surface area (Å²) in [5, 5.41) is 2.44. The quantitative estimate of drug-likeness (QED) is 0.794. The highest BCUT2D eigenvalue weighted by Gasteiger charge is 2.10. The van der Waals surface area contributed by atoms with Gasteiger partial charge in [-0.2, -0.15) is 0 Å². The van der Waals surface area contributed by atoms with E-state index in [9.17, 15) is 0 Å². The minimum atomic E-state index is -0.0497. The van der Waals surface area contributed by atoms with Crippen molar-refractivity contribution < 1.29 is 4.74 Å². The van der Waals surface area contributed by atoms with E-state index in [4.69, 9.17) is 10.5 Å². The zero-order valence-corrected chi connectivity index (χ0v) is 12.0. The van der Waals surface area contributed by atoms with Gasteiger partial charge in [-0.15, -0.1) is 0 Å². The zero-order chi connectivity index (χ0) is 14.7. The largest absolute Gasteiger partial charge is 0.481 e. The van der Waals surface area contributed by atoms with E-state index in [1.54, 1.807) is 7.11 Å². The minimum Gasteiger partial charge on any atom is -0.481 e. The molecular formula is C18H18N2O. The van der Waals surface area contributed by atoms with Gasteiger partial charge in [0.1, 0.15) is 0 Å². The molecule has 0 fully saturated rings. The number of nitrogens with two attached hydrogens (primary N) is 1. The van der Waals surface area contributed by atoms with Crippen LogP contribution < -0.4 is 10.5 Å². The first kappa shape index (κ1) is 13.6. The van der Waals surface area contributed by atoms with E-state index in [0.29, 0.717) is 5.88 Å². The molecule has 2 N–H and O–H groups in total. The van der Waals surface area contributed by atoms with Crippen molar-refractivity contribution in [2.24, 2.45) is 5.73 Å². The number of rotatable bonds is 4. The number of benzene rings is 2. The molecule has 1 aromatic heterocycles. The molecule has 106 valence electrons. The lowest BCUT2D eigenvalue weighted by Gasteiger charge is -2.15. The molecule has 0 saturated heterocycles. The summed E-state index contributed by atoms with van der Waals surface area (Å²) >= 11 is 0. The summed E-state index contributed by atoms with van der Waals surface area (Å²) in [6, 6.07) is 18.4. The summed E-state index contributed by atoms with van der Waals surface area (Å²) in [6.45, 7) is 0. The van der Waals surface area contributed by atoms with E-state index in [1.165, 1.54) is 16.3 Å². The number of methoxy groups -OCH3 is 1. The van der Waals surface area contributed by atoms with Gasteiger partial charge in [-0.3, -0.25) is 0 Å². The van der Waals surface area contributed by atoms with Gasteiger partial charge in [0.15, 0.2) is 0 Å². The van der Waals surface area contributed by atoms with Crippen LogP contribution in [-0.4, -0.2) is 12.1 Å². The molecule has 1 atom stereocenters. The molecule has 3 rings (SSSR count). The second-order valence-corrected chi connectivity index (χ2v) is 5.09. The molecular weight excluding hydrogens is 260 g/mol. The summed E-state index contributed by atoms with van der Waals surface area (Å²) in [4.78, 5) is 4.23. The molecule has 3 heteroatoms. The Morgan fingerprint density at radius 3 is 2.62 bits per heavy atom. The van der Waals surface area contributed by atoms with Gasteiger partial charge < -0.3 is 10.5 Å². The summed E-state index contributed by atoms with van der Waals surface area (Å²) in [7, 11) is 1.61. The lowest BCUT2D eigenvalue weighted by Crippen LogP contribution is -2.14. The highest BCUT2D eigenvalue weighted by atomic mass is 16.5. The average Bonchev–Trinajstić information content (AvgIpc) is 2.55. The van der Waals surface area contributed by atoms with E-state index >= 15 is 0 Å². The molecule has 0 saturated carbocycles. The van der Waals surface area contributed by atoms with E-state index in [0.717, 1.165) is 12.0 Å². The fourth-order valence-electron chi connectivity index (χ4n) is 2.59. The standard InChI is InChI=1S/C18H18N2O/c1-21-18-10-9-13(12-20-18)11-17(19)16-8-4-6-14-5-2-3-7-15(14)16/h2-10,12,17H,11,19H2,1H3. The number of hydrogen-bond acceptors (Lipinski definition) is 3. The topological polar surface area (TPSA) is 48.1 Å². The maximum Gasteiger partial charge on any atom is 0.212 e. The van der Waals surface area contributed by atoms with Crippen molar-refractivity contribution >= 4 is 10.8 Å². The zero-order valence-electron chi connectivity index (χ0n) is 12.0. The lowest BCUT2D eigenvalue weighted by atomic mass is 9.95. The Bertz CT molecular complexity index is 732. The molecule has 0 aliphatic carbocycles. The Labute approximate surface area is 124 Å². The molecule has 1 heterocycles. The van der Waals surface area contributed by atoms with Crippen molar-refractivity contribution in [2.45, 2.75) is 12.5 Å². The van der Waals surface area contributed by atoms with Gasteiger partial charge in [0.05, 0.1) is 7.11 Å². The van der Waals surface area contributed by atoms with E-state index in [1.807, 2.05) is 30.5 Å². The van der Waals surface area contributed by atoms with Crippen molar-refractivity contribution in [3.05, 3.63) is 71.9 Å². The summed E-state index contributed by atoms with van der Waals surface area (Å²) in [5.74, 6) is 0.623. The van der Waals surface area contributed by atoms with Gasteiger partial charge in [0.25, 0.3) is 0 Å². The highest BCUT2D eigenvalue weighted by molar-refractivity contribution is 5.86. The second kappa shape index (κ2) is 5.94. The number of ether oxygens (including phenoxy) is 1. The van der Waals surface area contributed by atoms with Crippen LogP contribution in [0.3, 0.4) is 0 Å². The Hall–Kier alpha value is -2.39. The Morgan fingerprint density at radius 1 is 1.05 bits per heavy atom. The SMILES string of the molecule is COc1ccc(CC(N)c2cccc3ccccc23)cn1. The third kappa shape index (κ3) is 2.88. The maximum atomic E-state index is 6.40. The van der Waals surface area contributed by atoms with Crippen LogP contribution in [0.2, 0.25) is 0 Å². The molecule has 2 aromatic carbocycles. The average molecular weight is 278 g/mol.